The molecular weight excluding hydrogens is 468 g/mol. The minimum Gasteiger partial charge on any atom is -0.311 e. The van der Waals surface area contributed by atoms with E-state index in [1.165, 1.54) is 33.4 Å². The number of thiophene rings is 2. The molecule has 3 heterocycles. The highest BCUT2D eigenvalue weighted by atomic mass is 32.1. The van der Waals surface area contributed by atoms with Gasteiger partial charge in [-0.15, -0.1) is 22.7 Å². The van der Waals surface area contributed by atoms with Crippen LogP contribution < -0.4 is 10.6 Å². The lowest BCUT2D eigenvalue weighted by atomic mass is 9.96. The van der Waals surface area contributed by atoms with E-state index < -0.39 is 11.8 Å². The smallest absolute Gasteiger partial charge is 0.276 e. The molecule has 0 spiro atoms. The molecule has 0 radical (unpaired) electrons. The lowest BCUT2D eigenvalue weighted by Gasteiger charge is -2.09. The molecule has 2 aliphatic carbocycles. The summed E-state index contributed by atoms with van der Waals surface area (Å²) < 4.78 is 1.36. The normalized spacial score (nSPS) is 14.4. The standard InChI is InChI=1S/C24H22N6O2S2/c1-30-18(22(32)28-24-16(12-26)14-7-3-5-9-20(14)34-24)10-17(29-30)21(31)27-23-15(11-25)13-6-2-4-8-19(13)33-23/h10H,2-9H2,1H3,(H,27,31)(H,28,32). The maximum atomic E-state index is 13.0. The van der Waals surface area contributed by atoms with Crippen molar-refractivity contribution in [2.45, 2.75) is 51.4 Å². The van der Waals surface area contributed by atoms with E-state index in [4.69, 9.17) is 0 Å². The van der Waals surface area contributed by atoms with Crippen molar-refractivity contribution in [3.05, 3.63) is 49.5 Å². The SMILES string of the molecule is Cn1nc(C(=O)Nc2sc3c(c2C#N)CCCC3)cc1C(=O)Nc1sc2c(c1C#N)CCCC2. The predicted octanol–water partition coefficient (Wildman–Crippen LogP) is 4.55. The van der Waals surface area contributed by atoms with Crippen molar-refractivity contribution >= 4 is 44.5 Å². The number of carbonyl (C=O) groups excluding carboxylic acids is 2. The summed E-state index contributed by atoms with van der Waals surface area (Å²) in [5.41, 5.74) is 3.47. The summed E-state index contributed by atoms with van der Waals surface area (Å²) in [6.07, 6.45) is 7.84. The van der Waals surface area contributed by atoms with E-state index in [0.29, 0.717) is 21.1 Å². The minimum atomic E-state index is -0.464. The van der Waals surface area contributed by atoms with Crippen LogP contribution in [-0.4, -0.2) is 21.6 Å². The highest BCUT2D eigenvalue weighted by Gasteiger charge is 2.26. The summed E-state index contributed by atoms with van der Waals surface area (Å²) in [6, 6.07) is 5.91. The van der Waals surface area contributed by atoms with Gasteiger partial charge in [-0.3, -0.25) is 14.3 Å². The Morgan fingerprint density at radius 2 is 1.38 bits per heavy atom. The van der Waals surface area contributed by atoms with Gasteiger partial charge in [-0.05, 0) is 62.5 Å². The second-order valence-corrected chi connectivity index (χ2v) is 10.7. The van der Waals surface area contributed by atoms with Crippen LogP contribution in [0.2, 0.25) is 0 Å². The molecule has 172 valence electrons. The van der Waals surface area contributed by atoms with Crippen LogP contribution in [0, 0.1) is 22.7 Å². The van der Waals surface area contributed by atoms with Crippen LogP contribution in [0.4, 0.5) is 10.0 Å². The molecule has 2 aliphatic rings. The zero-order valence-corrected chi connectivity index (χ0v) is 20.3. The number of aryl methyl sites for hydroxylation is 3. The van der Waals surface area contributed by atoms with E-state index in [1.807, 2.05) is 0 Å². The first-order valence-corrected chi connectivity index (χ1v) is 12.9. The number of aromatic nitrogens is 2. The molecule has 0 atom stereocenters. The van der Waals surface area contributed by atoms with Gasteiger partial charge in [0, 0.05) is 22.9 Å². The van der Waals surface area contributed by atoms with Crippen molar-refractivity contribution in [2.24, 2.45) is 7.05 Å². The molecule has 0 aromatic carbocycles. The Hall–Kier alpha value is -3.47. The van der Waals surface area contributed by atoms with Crippen LogP contribution in [0.25, 0.3) is 0 Å². The number of anilines is 2. The van der Waals surface area contributed by atoms with Crippen molar-refractivity contribution < 1.29 is 9.59 Å². The Morgan fingerprint density at radius 1 is 0.882 bits per heavy atom. The molecular formula is C24H22N6O2S2. The number of hydrogen-bond acceptors (Lipinski definition) is 7. The second-order valence-electron chi connectivity index (χ2n) is 8.50. The molecule has 2 amide bonds. The molecule has 10 heteroatoms. The third-order valence-corrected chi connectivity index (χ3v) is 8.78. The molecule has 0 saturated heterocycles. The van der Waals surface area contributed by atoms with Crippen molar-refractivity contribution in [1.82, 2.24) is 9.78 Å². The number of nitrogens with zero attached hydrogens (tertiary/aromatic N) is 4. The van der Waals surface area contributed by atoms with Crippen LogP contribution in [0.15, 0.2) is 6.07 Å². The van der Waals surface area contributed by atoms with Crippen LogP contribution in [0.5, 0.6) is 0 Å². The van der Waals surface area contributed by atoms with Crippen molar-refractivity contribution in [1.29, 1.82) is 10.5 Å². The van der Waals surface area contributed by atoms with Crippen LogP contribution >= 0.6 is 22.7 Å². The van der Waals surface area contributed by atoms with Gasteiger partial charge in [0.15, 0.2) is 5.69 Å². The summed E-state index contributed by atoms with van der Waals surface area (Å²) in [6.45, 7) is 0. The van der Waals surface area contributed by atoms with E-state index >= 15 is 0 Å². The van der Waals surface area contributed by atoms with Crippen molar-refractivity contribution in [3.8, 4) is 12.1 Å². The number of rotatable bonds is 4. The summed E-state index contributed by atoms with van der Waals surface area (Å²) in [7, 11) is 1.60. The molecule has 0 unspecified atom stereocenters. The van der Waals surface area contributed by atoms with Gasteiger partial charge in [-0.2, -0.15) is 15.6 Å². The highest BCUT2D eigenvalue weighted by molar-refractivity contribution is 7.17. The Bertz CT molecular complexity index is 1400. The molecule has 5 rings (SSSR count). The van der Waals surface area contributed by atoms with Gasteiger partial charge in [0.05, 0.1) is 11.1 Å². The zero-order chi connectivity index (χ0) is 23.8. The first-order valence-electron chi connectivity index (χ1n) is 11.3. The van der Waals surface area contributed by atoms with Gasteiger partial charge in [0.25, 0.3) is 11.8 Å². The molecule has 0 fully saturated rings. The third-order valence-electron chi connectivity index (χ3n) is 6.37. The van der Waals surface area contributed by atoms with Gasteiger partial charge in [-0.25, -0.2) is 0 Å². The van der Waals surface area contributed by atoms with E-state index in [9.17, 15) is 20.1 Å². The number of amides is 2. The average Bonchev–Trinajstić information content (AvgIpc) is 3.50. The third kappa shape index (κ3) is 3.89. The summed E-state index contributed by atoms with van der Waals surface area (Å²) in [5.74, 6) is -0.887. The molecule has 3 aromatic heterocycles. The topological polar surface area (TPSA) is 124 Å². The Balaban J connectivity index is 1.36. The van der Waals surface area contributed by atoms with E-state index in [1.54, 1.807) is 7.05 Å². The second kappa shape index (κ2) is 9.05. The number of hydrogen-bond donors (Lipinski definition) is 2. The maximum Gasteiger partial charge on any atom is 0.276 e. The van der Waals surface area contributed by atoms with Gasteiger partial charge >= 0.3 is 0 Å². The van der Waals surface area contributed by atoms with Crippen molar-refractivity contribution in [2.75, 3.05) is 10.6 Å². The van der Waals surface area contributed by atoms with Gasteiger partial charge in [0.1, 0.15) is 27.8 Å². The first kappa shape index (κ1) is 22.3. The number of fused-ring (bicyclic) bond motifs is 2. The van der Waals surface area contributed by atoms with Crippen molar-refractivity contribution in [3.63, 3.8) is 0 Å². The zero-order valence-electron chi connectivity index (χ0n) is 18.7. The monoisotopic (exact) mass is 490 g/mol. The maximum absolute atomic E-state index is 13.0. The van der Waals surface area contributed by atoms with E-state index in [0.717, 1.165) is 72.2 Å². The van der Waals surface area contributed by atoms with Gasteiger partial charge in [0.2, 0.25) is 0 Å². The number of carbonyl (C=O) groups is 2. The molecule has 2 N–H and O–H groups in total. The summed E-state index contributed by atoms with van der Waals surface area (Å²) in [5, 5.41) is 30.2. The lowest BCUT2D eigenvalue weighted by Crippen LogP contribution is -2.16. The minimum absolute atomic E-state index is 0.0916. The van der Waals surface area contributed by atoms with Crippen LogP contribution in [0.3, 0.4) is 0 Å². The molecule has 0 saturated carbocycles. The highest BCUT2D eigenvalue weighted by Crippen LogP contribution is 2.39. The predicted molar refractivity (Wildman–Crippen MR) is 130 cm³/mol. The Labute approximate surface area is 204 Å². The van der Waals surface area contributed by atoms with E-state index in [2.05, 4.69) is 27.9 Å². The molecule has 0 bridgehead atoms. The van der Waals surface area contributed by atoms with Crippen LogP contribution in [-0.2, 0) is 32.7 Å². The fourth-order valence-corrected chi connectivity index (χ4v) is 7.14. The molecule has 8 nitrogen and oxygen atoms in total. The average molecular weight is 491 g/mol. The largest absolute Gasteiger partial charge is 0.311 e. The quantitative estimate of drug-likeness (QED) is 0.555. The number of nitrogens with one attached hydrogen (secondary N) is 2. The summed E-state index contributed by atoms with van der Waals surface area (Å²) >= 11 is 2.90. The lowest BCUT2D eigenvalue weighted by molar-refractivity contribution is 0.101. The number of nitriles is 2. The molecule has 0 aliphatic heterocycles. The molecule has 3 aromatic rings. The van der Waals surface area contributed by atoms with Gasteiger partial charge < -0.3 is 10.6 Å². The first-order chi connectivity index (χ1) is 16.5. The Kier molecular flexibility index (Phi) is 5.94. The fourth-order valence-electron chi connectivity index (χ4n) is 4.67. The van der Waals surface area contributed by atoms with E-state index in [-0.39, 0.29) is 11.4 Å². The summed E-state index contributed by atoms with van der Waals surface area (Å²) in [4.78, 5) is 28.2. The molecule has 34 heavy (non-hydrogen) atoms. The van der Waals surface area contributed by atoms with Crippen LogP contribution in [0.1, 0.15) is 78.7 Å². The van der Waals surface area contributed by atoms with Gasteiger partial charge in [-0.1, -0.05) is 0 Å². The fraction of sp³-hybridized carbons (Fsp3) is 0.375. The Morgan fingerprint density at radius 3 is 1.91 bits per heavy atom.